The Morgan fingerprint density at radius 2 is 2.00 bits per heavy atom. The summed E-state index contributed by atoms with van der Waals surface area (Å²) in [6, 6.07) is 9.83. The Balaban J connectivity index is 1.82. The summed E-state index contributed by atoms with van der Waals surface area (Å²) in [5, 5.41) is 8.09. The lowest BCUT2D eigenvalue weighted by Gasteiger charge is -2.27. The number of carbonyl (C=O) groups excluding carboxylic acids is 1. The largest absolute Gasteiger partial charge is 0.353 e. The third-order valence-corrected chi connectivity index (χ3v) is 3.68. The number of amides is 1. The summed E-state index contributed by atoms with van der Waals surface area (Å²) in [4.78, 5) is 22.3. The first kappa shape index (κ1) is 12.8. The van der Waals surface area contributed by atoms with E-state index in [9.17, 15) is 4.79 Å². The van der Waals surface area contributed by atoms with E-state index in [-0.39, 0.29) is 5.91 Å². The number of carbonyl (C=O) groups is 1. The van der Waals surface area contributed by atoms with Gasteiger partial charge in [-0.2, -0.15) is 5.10 Å². The number of rotatable bonds is 2. The van der Waals surface area contributed by atoms with Crippen LogP contribution < -0.4 is 10.2 Å². The van der Waals surface area contributed by atoms with E-state index >= 15 is 0 Å². The van der Waals surface area contributed by atoms with Crippen molar-refractivity contribution in [1.82, 2.24) is 25.1 Å². The van der Waals surface area contributed by atoms with Gasteiger partial charge in [0.25, 0.3) is 0 Å². The van der Waals surface area contributed by atoms with Gasteiger partial charge in [-0.15, -0.1) is 0 Å². The molecule has 0 aliphatic carbocycles. The minimum atomic E-state index is 0.00784. The predicted octanol–water partition coefficient (Wildman–Crippen LogP) is 0.752. The van der Waals surface area contributed by atoms with Crippen LogP contribution in [0.15, 0.2) is 42.9 Å². The van der Waals surface area contributed by atoms with Crippen LogP contribution in [0, 0.1) is 0 Å². The fraction of sp³-hybridized carbons (Fsp3) is 0.200. The molecule has 1 aliphatic heterocycles. The average molecular weight is 294 g/mol. The maximum absolute atomic E-state index is 11.6. The highest BCUT2D eigenvalue weighted by molar-refractivity contribution is 5.91. The van der Waals surface area contributed by atoms with Crippen molar-refractivity contribution < 1.29 is 4.79 Å². The van der Waals surface area contributed by atoms with Gasteiger partial charge in [0, 0.05) is 13.1 Å². The van der Waals surface area contributed by atoms with Crippen molar-refractivity contribution in [2.24, 2.45) is 0 Å². The number of aromatic nitrogens is 4. The monoisotopic (exact) mass is 294 g/mol. The highest BCUT2D eigenvalue weighted by Gasteiger charge is 2.21. The molecule has 0 radical (unpaired) electrons. The summed E-state index contributed by atoms with van der Waals surface area (Å²) in [5.74, 6) is 0.760. The molecule has 0 saturated carbocycles. The number of piperazine rings is 1. The summed E-state index contributed by atoms with van der Waals surface area (Å²) >= 11 is 0. The number of hydrogen-bond donors (Lipinski definition) is 1. The molecule has 1 N–H and O–H groups in total. The van der Waals surface area contributed by atoms with Gasteiger partial charge < -0.3 is 10.2 Å². The van der Waals surface area contributed by atoms with Gasteiger partial charge in [0.15, 0.2) is 5.65 Å². The lowest BCUT2D eigenvalue weighted by molar-refractivity contribution is -0.120. The summed E-state index contributed by atoms with van der Waals surface area (Å²) in [6.07, 6.45) is 3.27. The fourth-order valence-corrected chi connectivity index (χ4v) is 2.66. The Bertz CT molecular complexity index is 828. The van der Waals surface area contributed by atoms with E-state index in [1.807, 2.05) is 35.2 Å². The molecule has 2 aromatic heterocycles. The van der Waals surface area contributed by atoms with E-state index in [0.717, 1.165) is 29.1 Å². The Morgan fingerprint density at radius 3 is 2.82 bits per heavy atom. The normalized spacial score (nSPS) is 15.1. The van der Waals surface area contributed by atoms with E-state index in [1.54, 1.807) is 10.9 Å². The number of benzene rings is 1. The number of hydrogen-bond acceptors (Lipinski definition) is 5. The molecule has 7 heteroatoms. The molecule has 1 saturated heterocycles. The Morgan fingerprint density at radius 1 is 1.14 bits per heavy atom. The van der Waals surface area contributed by atoms with Crippen molar-refractivity contribution >= 4 is 22.8 Å². The summed E-state index contributed by atoms with van der Waals surface area (Å²) < 4.78 is 1.78. The molecule has 0 unspecified atom stereocenters. The van der Waals surface area contributed by atoms with Crippen LogP contribution in [0.4, 0.5) is 5.82 Å². The first-order valence-electron chi connectivity index (χ1n) is 7.09. The predicted molar refractivity (Wildman–Crippen MR) is 81.9 cm³/mol. The Labute approximate surface area is 126 Å². The fourth-order valence-electron chi connectivity index (χ4n) is 2.66. The summed E-state index contributed by atoms with van der Waals surface area (Å²) in [7, 11) is 0. The molecule has 7 nitrogen and oxygen atoms in total. The van der Waals surface area contributed by atoms with Crippen molar-refractivity contribution in [3.63, 3.8) is 0 Å². The van der Waals surface area contributed by atoms with Crippen molar-refractivity contribution in [2.75, 3.05) is 24.5 Å². The zero-order valence-electron chi connectivity index (χ0n) is 11.8. The third kappa shape index (κ3) is 2.07. The van der Waals surface area contributed by atoms with E-state index in [2.05, 4.69) is 20.4 Å². The number of nitrogens with zero attached hydrogens (tertiary/aromatic N) is 5. The Kier molecular flexibility index (Phi) is 2.96. The van der Waals surface area contributed by atoms with Gasteiger partial charge in [-0.1, -0.05) is 18.2 Å². The van der Waals surface area contributed by atoms with Crippen LogP contribution in [0.25, 0.3) is 16.7 Å². The van der Waals surface area contributed by atoms with Crippen molar-refractivity contribution in [3.8, 4) is 5.69 Å². The SMILES string of the molecule is O=C1CN(c2ncnc3c2cnn3-c2ccccc2)CCN1. The smallest absolute Gasteiger partial charge is 0.239 e. The molecule has 3 heterocycles. The average Bonchev–Trinajstić information content (AvgIpc) is 2.99. The number of para-hydroxylation sites is 1. The first-order valence-corrected chi connectivity index (χ1v) is 7.09. The highest BCUT2D eigenvalue weighted by atomic mass is 16.2. The van der Waals surface area contributed by atoms with Crippen LogP contribution in [0.1, 0.15) is 0 Å². The van der Waals surface area contributed by atoms with Crippen molar-refractivity contribution in [3.05, 3.63) is 42.9 Å². The van der Waals surface area contributed by atoms with E-state index in [4.69, 9.17) is 0 Å². The van der Waals surface area contributed by atoms with Crippen molar-refractivity contribution in [2.45, 2.75) is 0 Å². The van der Waals surface area contributed by atoms with Crippen molar-refractivity contribution in [1.29, 1.82) is 0 Å². The summed E-state index contributed by atoms with van der Waals surface area (Å²) in [5.41, 5.74) is 1.68. The van der Waals surface area contributed by atoms with Crippen LogP contribution in [0.3, 0.4) is 0 Å². The van der Waals surface area contributed by atoms with E-state index in [0.29, 0.717) is 13.1 Å². The van der Waals surface area contributed by atoms with Gasteiger partial charge >= 0.3 is 0 Å². The molecule has 0 atom stereocenters. The zero-order valence-corrected chi connectivity index (χ0v) is 11.8. The minimum absolute atomic E-state index is 0.00784. The number of nitrogens with one attached hydrogen (secondary N) is 1. The molecule has 110 valence electrons. The molecule has 1 aliphatic rings. The summed E-state index contributed by atoms with van der Waals surface area (Å²) in [6.45, 7) is 1.66. The molecular formula is C15H14N6O. The van der Waals surface area contributed by atoms with Crippen LogP contribution in [0.5, 0.6) is 0 Å². The van der Waals surface area contributed by atoms with Gasteiger partial charge in [0.05, 0.1) is 23.8 Å². The second kappa shape index (κ2) is 5.10. The highest BCUT2D eigenvalue weighted by Crippen LogP contribution is 2.24. The van der Waals surface area contributed by atoms with Gasteiger partial charge in [-0.3, -0.25) is 4.79 Å². The van der Waals surface area contributed by atoms with Crippen LogP contribution in [0.2, 0.25) is 0 Å². The van der Waals surface area contributed by atoms with Crippen LogP contribution >= 0.6 is 0 Å². The maximum atomic E-state index is 11.6. The maximum Gasteiger partial charge on any atom is 0.239 e. The first-order chi connectivity index (χ1) is 10.8. The molecule has 0 spiro atoms. The minimum Gasteiger partial charge on any atom is -0.353 e. The van der Waals surface area contributed by atoms with Gasteiger partial charge in [-0.05, 0) is 12.1 Å². The molecule has 1 aromatic carbocycles. The van der Waals surface area contributed by atoms with Gasteiger partial charge in [-0.25, -0.2) is 14.6 Å². The second-order valence-electron chi connectivity index (χ2n) is 5.10. The molecule has 1 amide bonds. The van der Waals surface area contributed by atoms with Gasteiger partial charge in [0.1, 0.15) is 12.1 Å². The molecule has 1 fully saturated rings. The number of fused-ring (bicyclic) bond motifs is 1. The molecule has 4 rings (SSSR count). The number of anilines is 1. The molecule has 3 aromatic rings. The quantitative estimate of drug-likeness (QED) is 0.755. The molecule has 0 bridgehead atoms. The standard InChI is InChI=1S/C15H14N6O/c22-13-9-20(7-6-16-13)14-12-8-19-21(15(12)18-10-17-14)11-4-2-1-3-5-11/h1-5,8,10H,6-7,9H2,(H,16,22). The van der Waals surface area contributed by atoms with Crippen LogP contribution in [-0.4, -0.2) is 45.3 Å². The van der Waals surface area contributed by atoms with Crippen LogP contribution in [-0.2, 0) is 4.79 Å². The lowest BCUT2D eigenvalue weighted by Crippen LogP contribution is -2.48. The van der Waals surface area contributed by atoms with E-state index in [1.165, 1.54) is 6.33 Å². The third-order valence-electron chi connectivity index (χ3n) is 3.68. The second-order valence-corrected chi connectivity index (χ2v) is 5.10. The molecule has 22 heavy (non-hydrogen) atoms. The van der Waals surface area contributed by atoms with Gasteiger partial charge in [0.2, 0.25) is 5.91 Å². The Hall–Kier alpha value is -2.96. The van der Waals surface area contributed by atoms with E-state index < -0.39 is 0 Å². The zero-order chi connectivity index (χ0) is 14.9. The topological polar surface area (TPSA) is 75.9 Å². The lowest BCUT2D eigenvalue weighted by atomic mass is 10.3. The molecular weight excluding hydrogens is 280 g/mol.